The van der Waals surface area contributed by atoms with Gasteiger partial charge in [-0.15, -0.1) is 0 Å². The molecule has 0 aliphatic rings. The molecule has 0 aromatic rings. The van der Waals surface area contributed by atoms with Crippen molar-refractivity contribution in [2.24, 2.45) is 17.8 Å². The average Bonchev–Trinajstić information content (AvgIpc) is 2.23. The van der Waals surface area contributed by atoms with E-state index in [2.05, 4.69) is 13.8 Å². The zero-order valence-electron chi connectivity index (χ0n) is 12.7. The lowest BCUT2D eigenvalue weighted by Gasteiger charge is -2.29. The SMILES string of the molecule is CC(C)COCC(O)(OCC(C)C)OCC(C)C. The van der Waals surface area contributed by atoms with Crippen molar-refractivity contribution in [3.8, 4) is 0 Å². The summed E-state index contributed by atoms with van der Waals surface area (Å²) >= 11 is 0. The third-order valence-electron chi connectivity index (χ3n) is 2.02. The third kappa shape index (κ3) is 9.83. The van der Waals surface area contributed by atoms with Gasteiger partial charge in [-0.2, -0.15) is 0 Å². The van der Waals surface area contributed by atoms with Crippen molar-refractivity contribution < 1.29 is 19.3 Å². The van der Waals surface area contributed by atoms with Gasteiger partial charge in [0.1, 0.15) is 6.61 Å². The molecule has 0 saturated heterocycles. The molecule has 0 aliphatic heterocycles. The largest absolute Gasteiger partial charge is 0.373 e. The molecular weight excluding hydrogens is 232 g/mol. The summed E-state index contributed by atoms with van der Waals surface area (Å²) in [6.45, 7) is 13.7. The van der Waals surface area contributed by atoms with Crippen molar-refractivity contribution in [2.75, 3.05) is 26.4 Å². The predicted octanol–water partition coefficient (Wildman–Crippen LogP) is 2.65. The number of hydrogen-bond acceptors (Lipinski definition) is 4. The van der Waals surface area contributed by atoms with Gasteiger partial charge in [0.05, 0.1) is 13.2 Å². The standard InChI is InChI=1S/C14H30O4/c1-11(2)7-16-10-14(15,17-8-12(3)4)18-9-13(5)6/h11-13,15H,7-10H2,1-6H3. The minimum Gasteiger partial charge on any atom is -0.373 e. The third-order valence-corrected chi connectivity index (χ3v) is 2.02. The lowest BCUT2D eigenvalue weighted by Crippen LogP contribution is -2.43. The fraction of sp³-hybridized carbons (Fsp3) is 1.00. The maximum absolute atomic E-state index is 10.3. The van der Waals surface area contributed by atoms with Crippen LogP contribution in [0, 0.1) is 17.8 Å². The maximum atomic E-state index is 10.3. The minimum atomic E-state index is -1.62. The normalized spacial score (nSPS) is 13.0. The van der Waals surface area contributed by atoms with E-state index in [0.29, 0.717) is 37.6 Å². The Kier molecular flexibility index (Phi) is 8.78. The summed E-state index contributed by atoms with van der Waals surface area (Å²) < 4.78 is 16.3. The monoisotopic (exact) mass is 262 g/mol. The Bertz CT molecular complexity index is 190. The molecule has 0 radical (unpaired) electrons. The molecule has 0 fully saturated rings. The van der Waals surface area contributed by atoms with Crippen molar-refractivity contribution in [3.63, 3.8) is 0 Å². The van der Waals surface area contributed by atoms with Crippen LogP contribution in [0.25, 0.3) is 0 Å². The molecule has 0 saturated carbocycles. The van der Waals surface area contributed by atoms with Gasteiger partial charge in [0.25, 0.3) is 0 Å². The molecule has 110 valence electrons. The fourth-order valence-electron chi connectivity index (χ4n) is 1.14. The molecule has 0 aromatic carbocycles. The van der Waals surface area contributed by atoms with E-state index in [1.807, 2.05) is 27.7 Å². The van der Waals surface area contributed by atoms with Gasteiger partial charge >= 0.3 is 5.97 Å². The van der Waals surface area contributed by atoms with E-state index in [1.54, 1.807) is 0 Å². The smallest absolute Gasteiger partial charge is 0.305 e. The van der Waals surface area contributed by atoms with Crippen LogP contribution in [0.2, 0.25) is 0 Å². The zero-order chi connectivity index (χ0) is 14.2. The van der Waals surface area contributed by atoms with Crippen molar-refractivity contribution in [3.05, 3.63) is 0 Å². The van der Waals surface area contributed by atoms with Crippen LogP contribution < -0.4 is 0 Å². The van der Waals surface area contributed by atoms with Crippen LogP contribution in [-0.4, -0.2) is 37.5 Å². The van der Waals surface area contributed by atoms with Crippen LogP contribution in [0.4, 0.5) is 0 Å². The highest BCUT2D eigenvalue weighted by molar-refractivity contribution is 4.57. The Labute approximate surface area is 112 Å². The Morgan fingerprint density at radius 2 is 1.17 bits per heavy atom. The van der Waals surface area contributed by atoms with Gasteiger partial charge < -0.3 is 19.3 Å². The summed E-state index contributed by atoms with van der Waals surface area (Å²) in [5, 5.41) is 10.3. The van der Waals surface area contributed by atoms with Gasteiger partial charge in [0, 0.05) is 6.61 Å². The first-order valence-corrected chi connectivity index (χ1v) is 6.83. The Morgan fingerprint density at radius 3 is 1.50 bits per heavy atom. The molecule has 0 aromatic heterocycles. The second-order valence-corrected chi connectivity index (χ2v) is 6.03. The van der Waals surface area contributed by atoms with Crippen molar-refractivity contribution in [1.82, 2.24) is 0 Å². The summed E-state index contributed by atoms with van der Waals surface area (Å²) in [5.41, 5.74) is 0. The summed E-state index contributed by atoms with van der Waals surface area (Å²) in [6, 6.07) is 0. The number of ether oxygens (including phenoxy) is 3. The molecule has 18 heavy (non-hydrogen) atoms. The first-order valence-electron chi connectivity index (χ1n) is 6.83. The average molecular weight is 262 g/mol. The van der Waals surface area contributed by atoms with Gasteiger partial charge in [0.2, 0.25) is 0 Å². The summed E-state index contributed by atoms with van der Waals surface area (Å²) in [4.78, 5) is 0. The van der Waals surface area contributed by atoms with Crippen LogP contribution >= 0.6 is 0 Å². The predicted molar refractivity (Wildman–Crippen MR) is 72.2 cm³/mol. The van der Waals surface area contributed by atoms with Crippen molar-refractivity contribution in [2.45, 2.75) is 47.5 Å². The lowest BCUT2D eigenvalue weighted by molar-refractivity contribution is -0.380. The molecule has 0 spiro atoms. The van der Waals surface area contributed by atoms with E-state index in [0.717, 1.165) is 0 Å². The molecule has 0 bridgehead atoms. The second kappa shape index (κ2) is 8.86. The van der Waals surface area contributed by atoms with Gasteiger partial charge in [0.15, 0.2) is 0 Å². The van der Waals surface area contributed by atoms with Crippen LogP contribution in [0.1, 0.15) is 41.5 Å². The fourth-order valence-corrected chi connectivity index (χ4v) is 1.14. The summed E-state index contributed by atoms with van der Waals surface area (Å²) in [6.07, 6.45) is 0. The van der Waals surface area contributed by atoms with Crippen LogP contribution in [0.15, 0.2) is 0 Å². The topological polar surface area (TPSA) is 47.9 Å². The van der Waals surface area contributed by atoms with E-state index in [1.165, 1.54) is 0 Å². The Hall–Kier alpha value is -0.160. The molecule has 0 heterocycles. The van der Waals surface area contributed by atoms with Crippen LogP contribution in [0.3, 0.4) is 0 Å². The molecule has 0 aliphatic carbocycles. The van der Waals surface area contributed by atoms with E-state index < -0.39 is 5.97 Å². The Balaban J connectivity index is 4.20. The molecule has 4 heteroatoms. The number of rotatable bonds is 10. The van der Waals surface area contributed by atoms with Gasteiger partial charge in [-0.3, -0.25) is 0 Å². The van der Waals surface area contributed by atoms with E-state index in [4.69, 9.17) is 14.2 Å². The molecule has 0 atom stereocenters. The first kappa shape index (κ1) is 17.8. The first-order chi connectivity index (χ1) is 8.25. The summed E-state index contributed by atoms with van der Waals surface area (Å²) in [7, 11) is 0. The summed E-state index contributed by atoms with van der Waals surface area (Å²) in [5.74, 6) is -0.526. The highest BCUT2D eigenvalue weighted by atomic mass is 16.8. The minimum absolute atomic E-state index is 0.0463. The second-order valence-electron chi connectivity index (χ2n) is 6.03. The van der Waals surface area contributed by atoms with Gasteiger partial charge in [-0.05, 0) is 17.8 Å². The molecule has 0 unspecified atom stereocenters. The Morgan fingerprint density at radius 1 is 0.778 bits per heavy atom. The molecule has 0 amide bonds. The van der Waals surface area contributed by atoms with E-state index >= 15 is 0 Å². The van der Waals surface area contributed by atoms with Gasteiger partial charge in [-0.1, -0.05) is 41.5 Å². The highest BCUT2D eigenvalue weighted by Crippen LogP contribution is 2.14. The molecule has 0 rings (SSSR count). The van der Waals surface area contributed by atoms with Crippen LogP contribution in [-0.2, 0) is 14.2 Å². The molecular formula is C14H30O4. The van der Waals surface area contributed by atoms with Crippen LogP contribution in [0.5, 0.6) is 0 Å². The number of aliphatic hydroxyl groups is 1. The highest BCUT2D eigenvalue weighted by Gasteiger charge is 2.30. The van der Waals surface area contributed by atoms with E-state index in [9.17, 15) is 5.11 Å². The quantitative estimate of drug-likeness (QED) is 0.615. The lowest BCUT2D eigenvalue weighted by atomic mass is 10.2. The van der Waals surface area contributed by atoms with E-state index in [-0.39, 0.29) is 6.61 Å². The van der Waals surface area contributed by atoms with Crippen molar-refractivity contribution >= 4 is 0 Å². The van der Waals surface area contributed by atoms with Gasteiger partial charge in [-0.25, -0.2) is 0 Å². The van der Waals surface area contributed by atoms with Crippen molar-refractivity contribution in [1.29, 1.82) is 0 Å². The maximum Gasteiger partial charge on any atom is 0.305 e. The number of hydrogen-bond donors (Lipinski definition) is 1. The molecule has 1 N–H and O–H groups in total. The molecule has 4 nitrogen and oxygen atoms in total. The zero-order valence-corrected chi connectivity index (χ0v) is 12.7.